The average molecular weight is 386 g/mol. The van der Waals surface area contributed by atoms with Crippen molar-refractivity contribution < 1.29 is 9.22 Å². The lowest BCUT2D eigenvalue weighted by Gasteiger charge is -2.40. The molecule has 1 aliphatic rings. The molecule has 3 nitrogen and oxygen atoms in total. The first-order valence-electron chi connectivity index (χ1n) is 9.92. The highest BCUT2D eigenvalue weighted by Crippen LogP contribution is 2.38. The molecule has 1 amide bonds. The summed E-state index contributed by atoms with van der Waals surface area (Å²) in [6.07, 6.45) is 7.64. The summed E-state index contributed by atoms with van der Waals surface area (Å²) in [6, 6.07) is 10.2. The summed E-state index contributed by atoms with van der Waals surface area (Å²) < 4.78 is 6.69. The topological polar surface area (TPSA) is 29.5 Å². The van der Waals surface area contributed by atoms with Crippen molar-refractivity contribution in [3.63, 3.8) is 0 Å². The second kappa shape index (κ2) is 9.02. The summed E-state index contributed by atoms with van der Waals surface area (Å²) in [4.78, 5) is 15.1. The van der Waals surface area contributed by atoms with E-state index in [-0.39, 0.29) is 23.0 Å². The minimum Gasteiger partial charge on any atom is -0.412 e. The fourth-order valence-corrected chi connectivity index (χ4v) is 4.42. The van der Waals surface area contributed by atoms with Crippen molar-refractivity contribution >= 4 is 14.2 Å². The van der Waals surface area contributed by atoms with E-state index in [1.54, 1.807) is 6.08 Å². The van der Waals surface area contributed by atoms with Gasteiger partial charge in [0.1, 0.15) is 0 Å². The van der Waals surface area contributed by atoms with Gasteiger partial charge in [0, 0.05) is 13.1 Å². The summed E-state index contributed by atoms with van der Waals surface area (Å²) in [5.74, 6) is -0.0270. The number of rotatable bonds is 5. The summed E-state index contributed by atoms with van der Waals surface area (Å²) in [5.41, 5.74) is 1.15. The van der Waals surface area contributed by atoms with Gasteiger partial charge in [0.2, 0.25) is 5.91 Å². The van der Waals surface area contributed by atoms with E-state index in [1.165, 1.54) is 0 Å². The van der Waals surface area contributed by atoms with Crippen LogP contribution in [0.2, 0.25) is 18.1 Å². The zero-order chi connectivity index (χ0) is 20.1. The molecule has 1 aromatic rings. The molecule has 1 heterocycles. The Labute approximate surface area is 166 Å². The van der Waals surface area contributed by atoms with E-state index in [0.29, 0.717) is 19.5 Å². The lowest BCUT2D eigenvalue weighted by atomic mass is 10.0. The Morgan fingerprint density at radius 3 is 2.41 bits per heavy atom. The van der Waals surface area contributed by atoms with Crippen LogP contribution in [-0.2, 0) is 15.8 Å². The molecule has 0 fully saturated rings. The normalized spacial score (nSPS) is 23.3. The Bertz CT molecular complexity index is 661. The van der Waals surface area contributed by atoms with Gasteiger partial charge in [-0.25, -0.2) is 0 Å². The maximum Gasteiger partial charge on any atom is 0.230 e. The Morgan fingerprint density at radius 1 is 1.19 bits per heavy atom. The summed E-state index contributed by atoms with van der Waals surface area (Å²) >= 11 is 0. The number of hydrogen-bond donors (Lipinski definition) is 0. The Hall–Kier alpha value is -1.65. The molecule has 4 heteroatoms. The lowest BCUT2D eigenvalue weighted by Crippen LogP contribution is -2.48. The van der Waals surface area contributed by atoms with Gasteiger partial charge in [-0.05, 0) is 36.5 Å². The molecule has 0 N–H and O–H groups in total. The first-order valence-corrected chi connectivity index (χ1v) is 12.8. The van der Waals surface area contributed by atoms with Crippen molar-refractivity contribution in [2.75, 3.05) is 6.54 Å². The smallest absolute Gasteiger partial charge is 0.230 e. The molecule has 0 aliphatic carbocycles. The van der Waals surface area contributed by atoms with Gasteiger partial charge in [-0.3, -0.25) is 4.79 Å². The molecule has 27 heavy (non-hydrogen) atoms. The zero-order valence-electron chi connectivity index (χ0n) is 17.6. The van der Waals surface area contributed by atoms with Crippen LogP contribution in [0, 0.1) is 5.92 Å². The molecule has 0 spiro atoms. The Kier molecular flexibility index (Phi) is 7.23. The van der Waals surface area contributed by atoms with Gasteiger partial charge >= 0.3 is 0 Å². The summed E-state index contributed by atoms with van der Waals surface area (Å²) in [7, 11) is -1.91. The average Bonchev–Trinajstić information content (AvgIpc) is 2.66. The zero-order valence-corrected chi connectivity index (χ0v) is 18.6. The molecule has 0 radical (unpaired) electrons. The van der Waals surface area contributed by atoms with Gasteiger partial charge in [-0.2, -0.15) is 0 Å². The van der Waals surface area contributed by atoms with Crippen molar-refractivity contribution in [2.45, 2.75) is 64.4 Å². The molecule has 0 bridgehead atoms. The van der Waals surface area contributed by atoms with Gasteiger partial charge in [0.25, 0.3) is 0 Å². The molecule has 1 aliphatic heterocycles. The van der Waals surface area contributed by atoms with Gasteiger partial charge < -0.3 is 9.33 Å². The number of benzene rings is 1. The van der Waals surface area contributed by atoms with E-state index >= 15 is 0 Å². The fourth-order valence-electron chi connectivity index (χ4n) is 3.06. The monoisotopic (exact) mass is 385 g/mol. The van der Waals surface area contributed by atoms with E-state index in [9.17, 15) is 4.79 Å². The third-order valence-corrected chi connectivity index (χ3v) is 10.3. The fraction of sp³-hybridized carbons (Fsp3) is 0.522. The van der Waals surface area contributed by atoms with Crippen molar-refractivity contribution in [2.24, 2.45) is 5.92 Å². The van der Waals surface area contributed by atoms with Crippen molar-refractivity contribution in [3.8, 4) is 0 Å². The quantitative estimate of drug-likeness (QED) is 0.491. The molecule has 2 rings (SSSR count). The SMILES string of the molecule is C=C[C@@H]1C/C=C/C[C@@H](O[Si](C)(C)C(C)(C)C)CN(Cc2ccccc2)C1=O. The van der Waals surface area contributed by atoms with Gasteiger partial charge in [-0.15, -0.1) is 6.58 Å². The maximum absolute atomic E-state index is 13.2. The molecular formula is C23H35NO2Si. The highest BCUT2D eigenvalue weighted by molar-refractivity contribution is 6.74. The lowest BCUT2D eigenvalue weighted by molar-refractivity contribution is -0.135. The molecule has 2 atom stereocenters. The number of nitrogens with zero attached hydrogens (tertiary/aromatic N) is 1. The maximum atomic E-state index is 13.2. The van der Waals surface area contributed by atoms with Crippen LogP contribution in [0.4, 0.5) is 0 Å². The third-order valence-electron chi connectivity index (χ3n) is 5.78. The van der Waals surface area contributed by atoms with E-state index in [2.05, 4.69) is 64.7 Å². The van der Waals surface area contributed by atoms with Crippen LogP contribution in [0.5, 0.6) is 0 Å². The molecule has 148 valence electrons. The van der Waals surface area contributed by atoms with Crippen LogP contribution in [-0.4, -0.2) is 31.8 Å². The molecule has 1 aromatic carbocycles. The van der Waals surface area contributed by atoms with Crippen LogP contribution in [0.3, 0.4) is 0 Å². The van der Waals surface area contributed by atoms with Crippen LogP contribution in [0.25, 0.3) is 0 Å². The first-order chi connectivity index (χ1) is 12.6. The van der Waals surface area contributed by atoms with Crippen molar-refractivity contribution in [1.29, 1.82) is 0 Å². The van der Waals surface area contributed by atoms with Crippen molar-refractivity contribution in [1.82, 2.24) is 4.90 Å². The summed E-state index contributed by atoms with van der Waals surface area (Å²) in [6.45, 7) is 16.4. The Balaban J connectivity index is 2.26. The van der Waals surface area contributed by atoms with Crippen LogP contribution in [0.15, 0.2) is 55.1 Å². The first kappa shape index (κ1) is 21.6. The van der Waals surface area contributed by atoms with Gasteiger partial charge in [0.15, 0.2) is 8.32 Å². The predicted octanol–water partition coefficient (Wildman–Crippen LogP) is 5.56. The third kappa shape index (κ3) is 5.91. The van der Waals surface area contributed by atoms with E-state index in [0.717, 1.165) is 12.0 Å². The number of carbonyl (C=O) groups excluding carboxylic acids is 1. The van der Waals surface area contributed by atoms with E-state index in [1.807, 2.05) is 23.1 Å². The largest absolute Gasteiger partial charge is 0.412 e. The van der Waals surface area contributed by atoms with Crippen LogP contribution >= 0.6 is 0 Å². The Morgan fingerprint density at radius 2 is 1.81 bits per heavy atom. The standard InChI is InChI=1S/C23H35NO2Si/c1-7-20-15-11-12-16-21(26-27(5,6)23(2,3)4)18-24(22(20)25)17-19-13-9-8-10-14-19/h7-14,20-21H,1,15-18H2,2-6H3/b12-11+/t20-,21-/m1/s1. The molecule has 0 saturated carbocycles. The highest BCUT2D eigenvalue weighted by Gasteiger charge is 2.39. The number of amides is 1. The van der Waals surface area contributed by atoms with Crippen LogP contribution in [0.1, 0.15) is 39.2 Å². The molecular weight excluding hydrogens is 350 g/mol. The molecule has 0 unspecified atom stereocenters. The molecule has 0 aromatic heterocycles. The van der Waals surface area contributed by atoms with Crippen LogP contribution < -0.4 is 0 Å². The second-order valence-electron chi connectivity index (χ2n) is 8.99. The number of allylic oxidation sites excluding steroid dienone is 1. The van der Waals surface area contributed by atoms with Gasteiger partial charge in [0.05, 0.1) is 12.0 Å². The number of hydrogen-bond acceptors (Lipinski definition) is 2. The summed E-state index contributed by atoms with van der Waals surface area (Å²) in [5, 5.41) is 0.146. The van der Waals surface area contributed by atoms with Gasteiger partial charge in [-0.1, -0.05) is 69.3 Å². The minimum atomic E-state index is -1.91. The minimum absolute atomic E-state index is 0.0263. The van der Waals surface area contributed by atoms with Crippen molar-refractivity contribution in [3.05, 3.63) is 60.7 Å². The second-order valence-corrected chi connectivity index (χ2v) is 13.7. The van der Waals surface area contributed by atoms with E-state index < -0.39 is 8.32 Å². The number of carbonyl (C=O) groups is 1. The highest BCUT2D eigenvalue weighted by atomic mass is 28.4. The van der Waals surface area contributed by atoms with E-state index in [4.69, 9.17) is 4.43 Å². The molecule has 0 saturated heterocycles. The predicted molar refractivity (Wildman–Crippen MR) is 116 cm³/mol.